The van der Waals surface area contributed by atoms with Gasteiger partial charge in [0.25, 0.3) is 5.91 Å². The van der Waals surface area contributed by atoms with Crippen molar-refractivity contribution in [3.8, 4) is 5.75 Å². The van der Waals surface area contributed by atoms with Crippen molar-refractivity contribution in [1.29, 1.82) is 0 Å². The van der Waals surface area contributed by atoms with Crippen LogP contribution >= 0.6 is 0 Å². The van der Waals surface area contributed by atoms with E-state index in [1.165, 1.54) is 6.92 Å². The van der Waals surface area contributed by atoms with E-state index in [-0.39, 0.29) is 18.3 Å². The third kappa shape index (κ3) is 4.19. The first kappa shape index (κ1) is 15.8. The quantitative estimate of drug-likeness (QED) is 0.859. The number of nitrogens with one attached hydrogen (secondary N) is 1. The Kier molecular flexibility index (Phi) is 4.94. The molecule has 1 amide bonds. The van der Waals surface area contributed by atoms with Crippen LogP contribution in [-0.4, -0.2) is 18.3 Å². The molecule has 0 aromatic heterocycles. The second kappa shape index (κ2) is 6.89. The van der Waals surface area contributed by atoms with Crippen molar-refractivity contribution in [2.45, 2.75) is 20.8 Å². The van der Waals surface area contributed by atoms with Gasteiger partial charge in [0.2, 0.25) is 0 Å². The lowest BCUT2D eigenvalue weighted by molar-refractivity contribution is -0.118. The Morgan fingerprint density at radius 3 is 2.32 bits per heavy atom. The van der Waals surface area contributed by atoms with Crippen LogP contribution in [0, 0.1) is 13.8 Å². The van der Waals surface area contributed by atoms with Gasteiger partial charge in [0.05, 0.1) is 0 Å². The summed E-state index contributed by atoms with van der Waals surface area (Å²) in [5.74, 6) is 0.336. The van der Waals surface area contributed by atoms with Crippen LogP contribution in [0.4, 0.5) is 5.69 Å². The molecule has 0 radical (unpaired) electrons. The Balaban J connectivity index is 1.91. The second-order valence-corrected chi connectivity index (χ2v) is 5.24. The van der Waals surface area contributed by atoms with Gasteiger partial charge in [0.1, 0.15) is 5.75 Å². The highest BCUT2D eigenvalue weighted by Gasteiger charge is 2.06. The van der Waals surface area contributed by atoms with E-state index < -0.39 is 0 Å². The van der Waals surface area contributed by atoms with Crippen LogP contribution < -0.4 is 10.1 Å². The smallest absolute Gasteiger partial charge is 0.262 e. The number of carbonyl (C=O) groups excluding carboxylic acids is 2. The zero-order valence-corrected chi connectivity index (χ0v) is 13.0. The Bertz CT molecular complexity index is 690. The normalized spacial score (nSPS) is 10.1. The van der Waals surface area contributed by atoms with Crippen molar-refractivity contribution in [2.24, 2.45) is 0 Å². The maximum atomic E-state index is 11.9. The van der Waals surface area contributed by atoms with Crippen molar-refractivity contribution >= 4 is 17.4 Å². The summed E-state index contributed by atoms with van der Waals surface area (Å²) in [5, 5.41) is 2.82. The molecule has 4 heteroatoms. The fraction of sp³-hybridized carbons (Fsp3) is 0.222. The summed E-state index contributed by atoms with van der Waals surface area (Å²) in [7, 11) is 0. The third-order valence-corrected chi connectivity index (χ3v) is 3.29. The Labute approximate surface area is 130 Å². The van der Waals surface area contributed by atoms with Gasteiger partial charge in [0, 0.05) is 11.3 Å². The molecule has 0 fully saturated rings. The van der Waals surface area contributed by atoms with E-state index in [0.717, 1.165) is 16.8 Å². The number of ether oxygens (including phenoxy) is 1. The summed E-state index contributed by atoms with van der Waals surface area (Å²) in [6, 6.07) is 12.6. The zero-order chi connectivity index (χ0) is 16.1. The van der Waals surface area contributed by atoms with Crippen LogP contribution in [0.1, 0.15) is 28.4 Å². The minimum Gasteiger partial charge on any atom is -0.484 e. The largest absolute Gasteiger partial charge is 0.484 e. The molecule has 2 aromatic carbocycles. The Morgan fingerprint density at radius 2 is 1.73 bits per heavy atom. The molecule has 0 aliphatic heterocycles. The second-order valence-electron chi connectivity index (χ2n) is 5.24. The molecule has 4 nitrogen and oxygen atoms in total. The number of hydrogen-bond donors (Lipinski definition) is 1. The van der Waals surface area contributed by atoms with Crippen molar-refractivity contribution in [2.75, 3.05) is 11.9 Å². The van der Waals surface area contributed by atoms with Crippen LogP contribution in [0.25, 0.3) is 0 Å². The maximum absolute atomic E-state index is 11.9. The van der Waals surface area contributed by atoms with E-state index in [4.69, 9.17) is 4.74 Å². The fourth-order valence-corrected chi connectivity index (χ4v) is 2.07. The highest BCUT2D eigenvalue weighted by Crippen LogP contribution is 2.16. The first-order chi connectivity index (χ1) is 10.5. The molecule has 0 saturated heterocycles. The van der Waals surface area contributed by atoms with Crippen LogP contribution in [0.5, 0.6) is 5.75 Å². The van der Waals surface area contributed by atoms with E-state index in [9.17, 15) is 9.59 Å². The molecular weight excluding hydrogens is 278 g/mol. The maximum Gasteiger partial charge on any atom is 0.262 e. The molecule has 0 heterocycles. The van der Waals surface area contributed by atoms with E-state index in [1.54, 1.807) is 24.3 Å². The molecule has 0 aliphatic rings. The van der Waals surface area contributed by atoms with Crippen molar-refractivity contribution in [1.82, 2.24) is 0 Å². The van der Waals surface area contributed by atoms with E-state index in [0.29, 0.717) is 11.3 Å². The first-order valence-electron chi connectivity index (χ1n) is 7.06. The molecule has 114 valence electrons. The summed E-state index contributed by atoms with van der Waals surface area (Å²) in [4.78, 5) is 23.1. The number of carbonyl (C=O) groups is 2. The first-order valence-corrected chi connectivity index (χ1v) is 7.06. The highest BCUT2D eigenvalue weighted by molar-refractivity contribution is 5.94. The standard InChI is InChI=1S/C18H19NO3/c1-12-4-9-17(13(2)10-12)19-18(21)11-22-16-7-5-15(6-8-16)14(3)20/h4-10H,11H2,1-3H3,(H,19,21). The molecule has 0 spiro atoms. The van der Waals surface area contributed by atoms with Crippen LogP contribution in [-0.2, 0) is 4.79 Å². The topological polar surface area (TPSA) is 55.4 Å². The van der Waals surface area contributed by atoms with Crippen molar-refractivity contribution in [3.05, 3.63) is 59.2 Å². The Hall–Kier alpha value is -2.62. The lowest BCUT2D eigenvalue weighted by atomic mass is 10.1. The van der Waals surface area contributed by atoms with Gasteiger partial charge < -0.3 is 10.1 Å². The summed E-state index contributed by atoms with van der Waals surface area (Å²) >= 11 is 0. The van der Waals surface area contributed by atoms with Gasteiger partial charge in [-0.15, -0.1) is 0 Å². The molecule has 0 aliphatic carbocycles. The SMILES string of the molecule is CC(=O)c1ccc(OCC(=O)Nc2ccc(C)cc2C)cc1. The van der Waals surface area contributed by atoms with Gasteiger partial charge in [-0.25, -0.2) is 0 Å². The Morgan fingerprint density at radius 1 is 1.05 bits per heavy atom. The lowest BCUT2D eigenvalue weighted by Crippen LogP contribution is -2.20. The monoisotopic (exact) mass is 297 g/mol. The summed E-state index contributed by atoms with van der Waals surface area (Å²) < 4.78 is 5.41. The van der Waals surface area contributed by atoms with E-state index in [1.807, 2.05) is 32.0 Å². The summed E-state index contributed by atoms with van der Waals surface area (Å²) in [5.41, 5.74) is 3.56. The number of amides is 1. The van der Waals surface area contributed by atoms with Crippen LogP contribution in [0.15, 0.2) is 42.5 Å². The number of aryl methyl sites for hydroxylation is 2. The van der Waals surface area contributed by atoms with Gasteiger partial charge in [-0.05, 0) is 56.7 Å². The zero-order valence-electron chi connectivity index (χ0n) is 13.0. The molecule has 0 unspecified atom stereocenters. The molecule has 1 N–H and O–H groups in total. The number of benzene rings is 2. The van der Waals surface area contributed by atoms with Gasteiger partial charge >= 0.3 is 0 Å². The number of rotatable bonds is 5. The molecule has 0 saturated carbocycles. The van der Waals surface area contributed by atoms with Gasteiger partial charge in [0.15, 0.2) is 12.4 Å². The minimum atomic E-state index is -0.220. The van der Waals surface area contributed by atoms with Gasteiger partial charge in [-0.1, -0.05) is 17.7 Å². The average Bonchev–Trinajstić information content (AvgIpc) is 2.48. The van der Waals surface area contributed by atoms with E-state index in [2.05, 4.69) is 5.32 Å². The number of ketones is 1. The highest BCUT2D eigenvalue weighted by atomic mass is 16.5. The average molecular weight is 297 g/mol. The lowest BCUT2D eigenvalue weighted by Gasteiger charge is -2.10. The summed E-state index contributed by atoms with van der Waals surface area (Å²) in [6.07, 6.45) is 0. The number of anilines is 1. The predicted octanol–water partition coefficient (Wildman–Crippen LogP) is 3.52. The fourth-order valence-electron chi connectivity index (χ4n) is 2.07. The molecule has 2 rings (SSSR count). The van der Waals surface area contributed by atoms with Crippen LogP contribution in [0.2, 0.25) is 0 Å². The van der Waals surface area contributed by atoms with Crippen molar-refractivity contribution < 1.29 is 14.3 Å². The van der Waals surface area contributed by atoms with Gasteiger partial charge in [-0.3, -0.25) is 9.59 Å². The molecule has 2 aromatic rings. The van der Waals surface area contributed by atoms with Gasteiger partial charge in [-0.2, -0.15) is 0 Å². The molecule has 22 heavy (non-hydrogen) atoms. The van der Waals surface area contributed by atoms with Crippen LogP contribution in [0.3, 0.4) is 0 Å². The van der Waals surface area contributed by atoms with E-state index >= 15 is 0 Å². The third-order valence-electron chi connectivity index (χ3n) is 3.29. The predicted molar refractivity (Wildman–Crippen MR) is 86.5 cm³/mol. The number of Topliss-reactive ketones (excluding diaryl/α,β-unsaturated/α-hetero) is 1. The minimum absolute atomic E-state index is 0.000797. The summed E-state index contributed by atoms with van der Waals surface area (Å²) in [6.45, 7) is 5.39. The molecule has 0 atom stereocenters. The molecular formula is C18H19NO3. The number of hydrogen-bond acceptors (Lipinski definition) is 3. The molecule has 0 bridgehead atoms. The van der Waals surface area contributed by atoms with Crippen molar-refractivity contribution in [3.63, 3.8) is 0 Å².